The lowest BCUT2D eigenvalue weighted by atomic mass is 10.1. The Hall–Kier alpha value is -2.21. The minimum absolute atomic E-state index is 0.181. The number of ether oxygens (including phenoxy) is 2. The smallest absolute Gasteiger partial charge is 0.174 e. The van der Waals surface area contributed by atoms with E-state index >= 15 is 0 Å². The van der Waals surface area contributed by atoms with Gasteiger partial charge in [-0.2, -0.15) is 0 Å². The van der Waals surface area contributed by atoms with Crippen LogP contribution in [0.25, 0.3) is 11.3 Å². The molecule has 0 saturated carbocycles. The number of hydrogen-bond acceptors (Lipinski definition) is 5. The van der Waals surface area contributed by atoms with E-state index in [-0.39, 0.29) is 12.4 Å². The van der Waals surface area contributed by atoms with Gasteiger partial charge in [0, 0.05) is 25.8 Å². The van der Waals surface area contributed by atoms with Crippen LogP contribution in [0, 0.1) is 5.82 Å². The maximum atomic E-state index is 14.3. The van der Waals surface area contributed by atoms with E-state index < -0.39 is 5.82 Å². The van der Waals surface area contributed by atoms with Gasteiger partial charge in [-0.15, -0.1) is 0 Å². The van der Waals surface area contributed by atoms with Gasteiger partial charge < -0.3 is 14.8 Å². The van der Waals surface area contributed by atoms with Gasteiger partial charge in [-0.1, -0.05) is 6.07 Å². The summed E-state index contributed by atoms with van der Waals surface area (Å²) in [4.78, 5) is 8.54. The Kier molecular flexibility index (Phi) is 4.47. The molecule has 1 N–H and O–H groups in total. The maximum Gasteiger partial charge on any atom is 0.174 e. The molecule has 2 aromatic rings. The van der Waals surface area contributed by atoms with E-state index in [1.54, 1.807) is 38.4 Å². The van der Waals surface area contributed by atoms with Crippen LogP contribution in [0.3, 0.4) is 0 Å². The monoisotopic (exact) mass is 277 g/mol. The average Bonchev–Trinajstić information content (AvgIpc) is 2.47. The summed E-state index contributed by atoms with van der Waals surface area (Å²) in [5, 5.41) is 2.92. The zero-order chi connectivity index (χ0) is 14.5. The van der Waals surface area contributed by atoms with Crippen LogP contribution in [-0.4, -0.2) is 31.2 Å². The van der Waals surface area contributed by atoms with E-state index in [0.717, 1.165) is 0 Å². The number of anilines is 1. The summed E-state index contributed by atoms with van der Waals surface area (Å²) in [6, 6.07) is 6.61. The van der Waals surface area contributed by atoms with Crippen molar-refractivity contribution in [2.24, 2.45) is 0 Å². The number of benzene rings is 1. The van der Waals surface area contributed by atoms with Crippen LogP contribution in [0.2, 0.25) is 0 Å². The van der Waals surface area contributed by atoms with Crippen LogP contribution < -0.4 is 10.1 Å². The van der Waals surface area contributed by atoms with Gasteiger partial charge in [0.2, 0.25) is 0 Å². The van der Waals surface area contributed by atoms with Crippen LogP contribution in [-0.2, 0) is 11.3 Å². The van der Waals surface area contributed by atoms with Gasteiger partial charge in [0.1, 0.15) is 12.4 Å². The third kappa shape index (κ3) is 2.85. The number of aromatic nitrogens is 2. The molecule has 5 nitrogen and oxygen atoms in total. The van der Waals surface area contributed by atoms with Crippen LogP contribution in [0.4, 0.5) is 10.2 Å². The van der Waals surface area contributed by atoms with E-state index in [0.29, 0.717) is 22.9 Å². The minimum Gasteiger partial charge on any atom is -0.494 e. The molecular formula is C14H16FN3O2. The Morgan fingerprint density at radius 3 is 2.70 bits per heavy atom. The fourth-order valence-electron chi connectivity index (χ4n) is 1.82. The lowest BCUT2D eigenvalue weighted by Gasteiger charge is -2.10. The summed E-state index contributed by atoms with van der Waals surface area (Å²) in [5.41, 5.74) is 0.841. The molecule has 0 saturated heterocycles. The minimum atomic E-state index is -0.445. The molecule has 6 heteroatoms. The SMILES string of the molecule is CNc1cc(-c2cccc(OC)c2F)nc(COC)n1. The third-order valence-corrected chi connectivity index (χ3v) is 2.76. The highest BCUT2D eigenvalue weighted by Crippen LogP contribution is 2.28. The van der Waals surface area contributed by atoms with Crippen molar-refractivity contribution in [1.29, 1.82) is 0 Å². The Morgan fingerprint density at radius 2 is 2.05 bits per heavy atom. The highest BCUT2D eigenvalue weighted by atomic mass is 19.1. The van der Waals surface area contributed by atoms with Crippen molar-refractivity contribution in [3.63, 3.8) is 0 Å². The number of hydrogen-bond donors (Lipinski definition) is 1. The Morgan fingerprint density at radius 1 is 1.25 bits per heavy atom. The lowest BCUT2D eigenvalue weighted by Crippen LogP contribution is -2.03. The summed E-state index contributed by atoms with van der Waals surface area (Å²) >= 11 is 0. The summed E-state index contributed by atoms with van der Waals surface area (Å²) in [6.45, 7) is 0.258. The second kappa shape index (κ2) is 6.29. The molecule has 0 amide bonds. The zero-order valence-electron chi connectivity index (χ0n) is 11.6. The quantitative estimate of drug-likeness (QED) is 0.910. The van der Waals surface area contributed by atoms with E-state index in [2.05, 4.69) is 15.3 Å². The highest BCUT2D eigenvalue weighted by molar-refractivity contribution is 5.65. The molecule has 1 aromatic heterocycles. The first-order valence-electron chi connectivity index (χ1n) is 6.07. The molecule has 0 aliphatic heterocycles. The van der Waals surface area contributed by atoms with Crippen LogP contribution in [0.1, 0.15) is 5.82 Å². The van der Waals surface area contributed by atoms with Crippen molar-refractivity contribution in [3.8, 4) is 17.0 Å². The molecule has 0 aliphatic carbocycles. The third-order valence-electron chi connectivity index (χ3n) is 2.76. The Balaban J connectivity index is 2.54. The molecule has 0 bridgehead atoms. The molecule has 0 unspecified atom stereocenters. The molecule has 2 rings (SSSR count). The molecule has 0 aliphatic rings. The molecule has 106 valence electrons. The standard InChI is InChI=1S/C14H16FN3O2/c1-16-12-7-10(17-13(18-12)8-19-2)9-5-4-6-11(20-3)14(9)15/h4-7H,8H2,1-3H3,(H,16,17,18). The van der Waals surface area contributed by atoms with Gasteiger partial charge in [0.05, 0.1) is 12.8 Å². The summed E-state index contributed by atoms with van der Waals surface area (Å²) < 4.78 is 24.3. The van der Waals surface area contributed by atoms with Crippen molar-refractivity contribution in [2.75, 3.05) is 26.6 Å². The molecule has 20 heavy (non-hydrogen) atoms. The second-order valence-electron chi connectivity index (χ2n) is 4.06. The number of halogens is 1. The van der Waals surface area contributed by atoms with E-state index in [1.807, 2.05) is 0 Å². The number of nitrogens with one attached hydrogen (secondary N) is 1. The van der Waals surface area contributed by atoms with Gasteiger partial charge in [-0.3, -0.25) is 0 Å². The molecule has 0 atom stereocenters. The van der Waals surface area contributed by atoms with E-state index in [9.17, 15) is 4.39 Å². The first-order chi connectivity index (χ1) is 9.69. The van der Waals surface area contributed by atoms with Gasteiger partial charge in [-0.05, 0) is 12.1 Å². The van der Waals surface area contributed by atoms with E-state index in [1.165, 1.54) is 7.11 Å². The largest absolute Gasteiger partial charge is 0.494 e. The van der Waals surface area contributed by atoms with Crippen molar-refractivity contribution in [2.45, 2.75) is 6.61 Å². The predicted molar refractivity (Wildman–Crippen MR) is 74.2 cm³/mol. The number of rotatable bonds is 5. The van der Waals surface area contributed by atoms with Crippen LogP contribution in [0.5, 0.6) is 5.75 Å². The molecule has 0 fully saturated rings. The van der Waals surface area contributed by atoms with Crippen molar-refractivity contribution < 1.29 is 13.9 Å². The van der Waals surface area contributed by atoms with Gasteiger partial charge in [0.25, 0.3) is 0 Å². The topological polar surface area (TPSA) is 56.3 Å². The van der Waals surface area contributed by atoms with Crippen LogP contribution >= 0.6 is 0 Å². The van der Waals surface area contributed by atoms with Crippen molar-refractivity contribution in [3.05, 3.63) is 35.9 Å². The van der Waals surface area contributed by atoms with Crippen molar-refractivity contribution in [1.82, 2.24) is 9.97 Å². The molecule has 1 heterocycles. The lowest BCUT2D eigenvalue weighted by molar-refractivity contribution is 0.178. The first-order valence-corrected chi connectivity index (χ1v) is 6.07. The van der Waals surface area contributed by atoms with E-state index in [4.69, 9.17) is 9.47 Å². The average molecular weight is 277 g/mol. The molecule has 0 spiro atoms. The maximum absolute atomic E-state index is 14.3. The summed E-state index contributed by atoms with van der Waals surface area (Å²) in [7, 11) is 4.73. The van der Waals surface area contributed by atoms with Gasteiger partial charge in [0.15, 0.2) is 17.4 Å². The summed E-state index contributed by atoms with van der Waals surface area (Å²) in [6.07, 6.45) is 0. The molecule has 0 radical (unpaired) electrons. The normalized spacial score (nSPS) is 10.4. The number of methoxy groups -OCH3 is 2. The first kappa shape index (κ1) is 14.2. The fourth-order valence-corrected chi connectivity index (χ4v) is 1.82. The van der Waals surface area contributed by atoms with Crippen LogP contribution in [0.15, 0.2) is 24.3 Å². The molecule has 1 aromatic carbocycles. The summed E-state index contributed by atoms with van der Waals surface area (Å²) in [5.74, 6) is 0.820. The zero-order valence-corrected chi connectivity index (χ0v) is 11.6. The number of nitrogens with zero attached hydrogens (tertiary/aromatic N) is 2. The van der Waals surface area contributed by atoms with Gasteiger partial charge in [-0.25, -0.2) is 14.4 Å². The highest BCUT2D eigenvalue weighted by Gasteiger charge is 2.13. The van der Waals surface area contributed by atoms with Crippen molar-refractivity contribution >= 4 is 5.82 Å². The fraction of sp³-hybridized carbons (Fsp3) is 0.286. The Bertz CT molecular complexity index is 605. The molecular weight excluding hydrogens is 261 g/mol. The van der Waals surface area contributed by atoms with Gasteiger partial charge >= 0.3 is 0 Å². The second-order valence-corrected chi connectivity index (χ2v) is 4.06. The predicted octanol–water partition coefficient (Wildman–Crippen LogP) is 2.48. The Labute approximate surface area is 116 Å².